The van der Waals surface area contributed by atoms with Crippen LogP contribution in [0, 0.1) is 0 Å². The summed E-state index contributed by atoms with van der Waals surface area (Å²) in [5.74, 6) is 1.57. The molecular formula is C135H87N15. The molecule has 0 amide bonds. The van der Waals surface area contributed by atoms with Crippen molar-refractivity contribution in [3.63, 3.8) is 0 Å². The van der Waals surface area contributed by atoms with Crippen LogP contribution in [0.2, 0.25) is 0 Å². The molecule has 9 heterocycles. The molecule has 15 nitrogen and oxygen atoms in total. The molecule has 702 valence electrons. The Morgan fingerprint density at radius 2 is 0.367 bits per heavy atom. The Morgan fingerprint density at radius 3 is 0.707 bits per heavy atom. The van der Waals surface area contributed by atoms with Gasteiger partial charge in [-0.2, -0.15) is 29.9 Å². The van der Waals surface area contributed by atoms with E-state index in [4.69, 9.17) is 65.4 Å². The van der Waals surface area contributed by atoms with E-state index >= 15 is 0 Å². The van der Waals surface area contributed by atoms with Gasteiger partial charge in [-0.15, -0.1) is 0 Å². The van der Waals surface area contributed by atoms with Crippen molar-refractivity contribution in [3.05, 3.63) is 527 Å². The second kappa shape index (κ2) is 37.0. The predicted octanol–water partition coefficient (Wildman–Crippen LogP) is 33.2. The van der Waals surface area contributed by atoms with Crippen molar-refractivity contribution in [3.8, 4) is 137 Å². The van der Waals surface area contributed by atoms with Gasteiger partial charge in [-0.05, 0) is 112 Å². The molecular weight excluding hydrogens is 1830 g/mol. The molecule has 0 aliphatic heterocycles. The van der Waals surface area contributed by atoms with E-state index in [9.17, 15) is 0 Å². The fourth-order valence-corrected chi connectivity index (χ4v) is 21.3. The first-order chi connectivity index (χ1) is 80.7. The monoisotopic (exact) mass is 1930 g/mol. The lowest BCUT2D eigenvalue weighted by molar-refractivity contribution is 0.953. The highest BCUT2D eigenvalue weighted by Crippen LogP contribution is 2.48. The molecule has 0 fully saturated rings. The minimum atomic E-state index is -0.485. The van der Waals surface area contributed by atoms with Gasteiger partial charge in [0.15, 0.2) is 34.9 Å². The molecule has 0 spiro atoms. The Morgan fingerprint density at radius 1 is 0.140 bits per heavy atom. The van der Waals surface area contributed by atoms with Crippen LogP contribution < -0.4 is 0 Å². The van der Waals surface area contributed by atoms with Crippen molar-refractivity contribution in [1.29, 1.82) is 0 Å². The number of hydrogen-bond donors (Lipinski definition) is 0. The van der Waals surface area contributed by atoms with Crippen LogP contribution in [0.25, 0.3) is 267 Å². The third kappa shape index (κ3) is 15.1. The molecule has 0 aliphatic rings. The SMILES string of the molecule is [2H]c1c([2H])c([2H])c(-c2nc(-c3ccc(-c4ccccc4)cc3)nc(-n3c4ccccc4c4ccc5c6ccccc6n(-c6ccccc6)c5c43)n2)c([2H])c1[2H].[2H]c1c([2H])c([2H])c(-c2nc(-c3cccc(-c4ccccc4)c3)nc(-n3c4ccccc4c4ccc5c6ccccc6n(-c6ccccc6)c5c43)n2)c([2H])c1[2H].[2H]c1c([2H])c([2H])c(-c2nc(-c3ccccc3-c3ccccc3)nc(-n3c4ccccc4c4ccc5c6ccccc6n(-c6ccccc6)c5c43)n2)c([2H])c1[2H]. The van der Waals surface area contributed by atoms with Crippen molar-refractivity contribution in [2.24, 2.45) is 0 Å². The Labute approximate surface area is 882 Å². The summed E-state index contributed by atoms with van der Waals surface area (Å²) < 4.78 is 142. The van der Waals surface area contributed by atoms with Gasteiger partial charge < -0.3 is 13.7 Å². The normalized spacial score (nSPS) is 13.0. The standard InChI is InChI=1S/3C45H29N5/c1-4-15-30(16-5-1)32-19-14-20-33(29-32)44-46-43(31-17-6-2-7-18-31)47-45(48-44)50-40-26-13-11-24-36(40)38-28-27-37-35-23-10-12-25-39(35)49(41(37)42(38)50)34-21-8-3-9-22-34;1-4-14-30(15-5-1)31-24-26-33(27-25-31)44-46-43(32-16-6-2-7-17-32)47-45(48-44)50-40-23-13-11-21-36(40)38-29-28-37-35-20-10-12-22-39(35)49(41(37)42(38)50)34-18-8-3-9-19-34;1-4-16-30(17-5-1)33-22-10-11-25-38(33)44-46-43(31-18-6-2-7-19-31)47-45(48-44)50-40-27-15-13-24-35(40)37-29-28-36-34-23-12-14-26-39(34)49(41(36)42(37)50)32-20-8-3-9-21-32/h3*1-29H/i2D,6D,7D,17D,18D;2D,6D,7D,16D,17D;2D,6D,7D,18D,19D. The molecule has 0 saturated heterocycles. The molecule has 0 N–H and O–H groups in total. The predicted molar refractivity (Wildman–Crippen MR) is 614 cm³/mol. The van der Waals surface area contributed by atoms with Gasteiger partial charge in [-0.1, -0.05) is 449 Å². The maximum Gasteiger partial charge on any atom is 0.238 e. The van der Waals surface area contributed by atoms with Gasteiger partial charge >= 0.3 is 0 Å². The first-order valence-corrected chi connectivity index (χ1v) is 49.2. The van der Waals surface area contributed by atoms with Gasteiger partial charge in [0, 0.05) is 115 Å². The summed E-state index contributed by atoms with van der Waals surface area (Å²) in [5, 5.41) is 12.3. The number of hydrogen-bond acceptors (Lipinski definition) is 9. The van der Waals surface area contributed by atoms with Crippen LogP contribution in [-0.4, -0.2) is 72.3 Å². The first-order valence-electron chi connectivity index (χ1n) is 56.7. The van der Waals surface area contributed by atoms with Gasteiger partial charge in [0.05, 0.1) is 86.8 Å². The molecule has 9 aromatic heterocycles. The van der Waals surface area contributed by atoms with E-state index in [0.29, 0.717) is 34.2 Å². The van der Waals surface area contributed by atoms with E-state index in [-0.39, 0.29) is 88.3 Å². The molecule has 30 aromatic rings. The fourth-order valence-electron chi connectivity index (χ4n) is 21.3. The number of rotatable bonds is 15. The summed E-state index contributed by atoms with van der Waals surface area (Å²) in [5.41, 5.74) is 21.8. The highest BCUT2D eigenvalue weighted by Gasteiger charge is 2.30. The van der Waals surface area contributed by atoms with Crippen LogP contribution in [0.1, 0.15) is 20.6 Å². The van der Waals surface area contributed by atoms with Crippen molar-refractivity contribution in [2.75, 3.05) is 0 Å². The van der Waals surface area contributed by atoms with E-state index in [1.54, 1.807) is 0 Å². The summed E-state index contributed by atoms with van der Waals surface area (Å²) in [7, 11) is 0. The number of nitrogens with zero attached hydrogens (tertiary/aromatic N) is 15. The molecule has 0 radical (unpaired) electrons. The Hall–Kier alpha value is -20.6. The number of para-hydroxylation sites is 9. The minimum absolute atomic E-state index is 0.0224. The van der Waals surface area contributed by atoms with Crippen LogP contribution in [0.5, 0.6) is 0 Å². The number of benzene rings is 21. The average Bonchev–Trinajstić information content (AvgIpc) is 1.54. The zero-order chi connectivity index (χ0) is 112. The third-order valence-electron chi connectivity index (χ3n) is 27.8. The lowest BCUT2D eigenvalue weighted by atomic mass is 9.99. The minimum Gasteiger partial charge on any atom is -0.307 e. The Kier molecular flexibility index (Phi) is 17.9. The summed E-state index contributed by atoms with van der Waals surface area (Å²) in [4.78, 5) is 45.2. The van der Waals surface area contributed by atoms with Gasteiger partial charge in [-0.25, -0.2) is 15.0 Å². The fraction of sp³-hybridized carbons (Fsp3) is 0. The molecule has 0 bridgehead atoms. The molecule has 0 saturated carbocycles. The highest BCUT2D eigenvalue weighted by atomic mass is 15.2. The van der Waals surface area contributed by atoms with Crippen LogP contribution in [0.4, 0.5) is 0 Å². The van der Waals surface area contributed by atoms with Crippen LogP contribution in [0.3, 0.4) is 0 Å². The molecule has 0 unspecified atom stereocenters. The highest BCUT2D eigenvalue weighted by molar-refractivity contribution is 6.27. The maximum atomic E-state index is 8.94. The van der Waals surface area contributed by atoms with Crippen LogP contribution >= 0.6 is 0 Å². The Bertz CT molecular complexity index is 11400. The smallest absolute Gasteiger partial charge is 0.238 e. The first kappa shape index (κ1) is 72.7. The van der Waals surface area contributed by atoms with Gasteiger partial charge in [-0.3, -0.25) is 13.7 Å². The second-order valence-corrected chi connectivity index (χ2v) is 36.3. The van der Waals surface area contributed by atoms with E-state index < -0.39 is 54.4 Å². The second-order valence-electron chi connectivity index (χ2n) is 36.3. The van der Waals surface area contributed by atoms with E-state index in [1.807, 2.05) is 323 Å². The van der Waals surface area contributed by atoms with Gasteiger partial charge in [0.1, 0.15) is 0 Å². The topological polar surface area (TPSA) is 146 Å². The van der Waals surface area contributed by atoms with Crippen molar-refractivity contribution >= 4 is 131 Å². The summed E-state index contributed by atoms with van der Waals surface area (Å²) >= 11 is 0. The third-order valence-corrected chi connectivity index (χ3v) is 27.8. The van der Waals surface area contributed by atoms with E-state index in [2.05, 4.69) is 141 Å². The molecule has 0 aliphatic carbocycles. The maximum absolute atomic E-state index is 8.94. The van der Waals surface area contributed by atoms with Crippen molar-refractivity contribution < 1.29 is 20.6 Å². The largest absolute Gasteiger partial charge is 0.307 e. The van der Waals surface area contributed by atoms with Crippen molar-refractivity contribution in [1.82, 2.24) is 72.3 Å². The zero-order valence-electron chi connectivity index (χ0n) is 94.8. The Balaban J connectivity index is 0.000000116. The average molecular weight is 1930 g/mol. The quantitative estimate of drug-likeness (QED) is 0.0979. The van der Waals surface area contributed by atoms with Crippen LogP contribution in [0.15, 0.2) is 527 Å². The molecule has 30 rings (SSSR count). The lowest BCUT2D eigenvalue weighted by Gasteiger charge is -2.14. The lowest BCUT2D eigenvalue weighted by Crippen LogP contribution is -2.07. The zero-order valence-corrected chi connectivity index (χ0v) is 79.8. The molecule has 0 atom stereocenters. The van der Waals surface area contributed by atoms with E-state index in [1.165, 1.54) is 0 Å². The van der Waals surface area contributed by atoms with Gasteiger partial charge in [0.2, 0.25) is 17.8 Å². The van der Waals surface area contributed by atoms with E-state index in [0.717, 1.165) is 181 Å². The number of aromatic nitrogens is 15. The van der Waals surface area contributed by atoms with Crippen LogP contribution in [-0.2, 0) is 0 Å². The van der Waals surface area contributed by atoms with Crippen molar-refractivity contribution in [2.45, 2.75) is 0 Å². The number of fused-ring (bicyclic) bond motifs is 21. The molecule has 150 heavy (non-hydrogen) atoms. The molecule has 21 aromatic carbocycles. The molecule has 15 heteroatoms. The summed E-state index contributed by atoms with van der Waals surface area (Å²) in [6, 6.07) is 140. The summed E-state index contributed by atoms with van der Waals surface area (Å²) in [6.07, 6.45) is 0. The van der Waals surface area contributed by atoms with Gasteiger partial charge in [0.25, 0.3) is 0 Å². The summed E-state index contributed by atoms with van der Waals surface area (Å²) in [6.45, 7) is 0.